The molecule has 0 aromatic carbocycles. The maximum Gasteiger partial charge on any atom is 0.0110 e. The summed E-state index contributed by atoms with van der Waals surface area (Å²) in [7, 11) is 4.28. The van der Waals surface area contributed by atoms with Crippen LogP contribution >= 0.6 is 0 Å². The summed E-state index contributed by atoms with van der Waals surface area (Å²) in [5.74, 6) is 0.603. The van der Waals surface area contributed by atoms with Crippen molar-refractivity contribution in [1.82, 2.24) is 14.7 Å². The molecule has 0 amide bonds. The molecule has 4 heteroatoms. The Kier molecular flexibility index (Phi) is 7.15. The predicted molar refractivity (Wildman–Crippen MR) is 78.9 cm³/mol. The Balaban J connectivity index is 2.11. The minimum Gasteiger partial charge on any atom is -0.327 e. The SMILES string of the molecule is CC(C)C(N)CCN1CCN(CCN(C)C)CC1. The second-order valence-electron chi connectivity index (χ2n) is 6.18. The quantitative estimate of drug-likeness (QED) is 0.721. The van der Waals surface area contributed by atoms with Gasteiger partial charge >= 0.3 is 0 Å². The van der Waals surface area contributed by atoms with Gasteiger partial charge in [0.15, 0.2) is 0 Å². The molecule has 1 aliphatic rings. The summed E-state index contributed by atoms with van der Waals surface area (Å²) in [5, 5.41) is 0. The Hall–Kier alpha value is -0.160. The molecule has 0 saturated carbocycles. The average molecular weight is 256 g/mol. The van der Waals surface area contributed by atoms with Crippen molar-refractivity contribution in [1.29, 1.82) is 0 Å². The van der Waals surface area contributed by atoms with Crippen LogP contribution in [0.25, 0.3) is 0 Å². The molecule has 1 atom stereocenters. The van der Waals surface area contributed by atoms with E-state index < -0.39 is 0 Å². The number of hydrogen-bond acceptors (Lipinski definition) is 4. The van der Waals surface area contributed by atoms with Crippen LogP contribution in [0.3, 0.4) is 0 Å². The van der Waals surface area contributed by atoms with Gasteiger partial charge in [0, 0.05) is 45.3 Å². The predicted octanol–water partition coefficient (Wildman–Crippen LogP) is 0.539. The Morgan fingerprint density at radius 3 is 1.94 bits per heavy atom. The molecule has 0 radical (unpaired) electrons. The highest BCUT2D eigenvalue weighted by atomic mass is 15.3. The van der Waals surface area contributed by atoms with Crippen molar-refractivity contribution in [3.63, 3.8) is 0 Å². The van der Waals surface area contributed by atoms with Crippen LogP contribution in [-0.4, -0.2) is 80.7 Å². The van der Waals surface area contributed by atoms with E-state index in [-0.39, 0.29) is 0 Å². The van der Waals surface area contributed by atoms with Gasteiger partial charge in [-0.05, 0) is 33.0 Å². The lowest BCUT2D eigenvalue weighted by Gasteiger charge is -2.35. The number of likely N-dealkylation sites (N-methyl/N-ethyl adjacent to an activating group) is 1. The van der Waals surface area contributed by atoms with Crippen LogP contribution in [0.5, 0.6) is 0 Å². The van der Waals surface area contributed by atoms with Gasteiger partial charge in [-0.25, -0.2) is 0 Å². The highest BCUT2D eigenvalue weighted by Crippen LogP contribution is 2.07. The van der Waals surface area contributed by atoms with Crippen LogP contribution in [0.4, 0.5) is 0 Å². The number of rotatable bonds is 7. The standard InChI is InChI=1S/C14H32N4/c1-13(2)14(15)5-6-17-9-11-18(12-10-17)8-7-16(3)4/h13-14H,5-12,15H2,1-4H3. The number of nitrogens with zero attached hydrogens (tertiary/aromatic N) is 3. The molecule has 1 rings (SSSR count). The third-order valence-corrected chi connectivity index (χ3v) is 3.96. The maximum atomic E-state index is 6.10. The van der Waals surface area contributed by atoms with E-state index in [4.69, 9.17) is 5.73 Å². The molecule has 4 nitrogen and oxygen atoms in total. The number of hydrogen-bond donors (Lipinski definition) is 1. The van der Waals surface area contributed by atoms with E-state index in [1.54, 1.807) is 0 Å². The molecule has 0 aromatic rings. The number of piperazine rings is 1. The lowest BCUT2D eigenvalue weighted by molar-refractivity contribution is 0.121. The molecule has 0 aromatic heterocycles. The van der Waals surface area contributed by atoms with Gasteiger partial charge in [0.2, 0.25) is 0 Å². The minimum atomic E-state index is 0.358. The fourth-order valence-electron chi connectivity index (χ4n) is 2.24. The van der Waals surface area contributed by atoms with Crippen LogP contribution < -0.4 is 5.73 Å². The van der Waals surface area contributed by atoms with Crippen molar-refractivity contribution >= 4 is 0 Å². The molecule has 1 aliphatic heterocycles. The monoisotopic (exact) mass is 256 g/mol. The molecule has 0 bridgehead atoms. The summed E-state index contributed by atoms with van der Waals surface area (Å²) in [5.41, 5.74) is 6.10. The number of nitrogens with two attached hydrogens (primary N) is 1. The lowest BCUT2D eigenvalue weighted by Crippen LogP contribution is -2.48. The van der Waals surface area contributed by atoms with E-state index in [1.165, 1.54) is 39.3 Å². The first-order valence-corrected chi connectivity index (χ1v) is 7.34. The third-order valence-electron chi connectivity index (χ3n) is 3.96. The Morgan fingerprint density at radius 2 is 1.50 bits per heavy atom. The van der Waals surface area contributed by atoms with Gasteiger partial charge in [-0.2, -0.15) is 0 Å². The van der Waals surface area contributed by atoms with Crippen LogP contribution in [0.1, 0.15) is 20.3 Å². The van der Waals surface area contributed by atoms with E-state index >= 15 is 0 Å². The van der Waals surface area contributed by atoms with Crippen LogP contribution in [0.15, 0.2) is 0 Å². The van der Waals surface area contributed by atoms with Gasteiger partial charge in [0.05, 0.1) is 0 Å². The summed E-state index contributed by atoms with van der Waals surface area (Å²) in [6, 6.07) is 0.358. The zero-order valence-corrected chi connectivity index (χ0v) is 12.7. The Labute approximate surface area is 113 Å². The smallest absolute Gasteiger partial charge is 0.0110 e. The van der Waals surface area contributed by atoms with Gasteiger partial charge in [-0.3, -0.25) is 4.90 Å². The molecule has 1 fully saturated rings. The molecule has 0 aliphatic carbocycles. The molecule has 2 N–H and O–H groups in total. The van der Waals surface area contributed by atoms with Crippen molar-refractivity contribution in [2.45, 2.75) is 26.3 Å². The van der Waals surface area contributed by atoms with Gasteiger partial charge in [-0.15, -0.1) is 0 Å². The summed E-state index contributed by atoms with van der Waals surface area (Å²) in [6.45, 7) is 12.8. The fourth-order valence-corrected chi connectivity index (χ4v) is 2.24. The van der Waals surface area contributed by atoms with Crippen molar-refractivity contribution in [2.24, 2.45) is 11.7 Å². The third kappa shape index (κ3) is 6.14. The Morgan fingerprint density at radius 1 is 1.00 bits per heavy atom. The zero-order chi connectivity index (χ0) is 13.5. The highest BCUT2D eigenvalue weighted by molar-refractivity contribution is 4.75. The van der Waals surface area contributed by atoms with Gasteiger partial charge in [0.25, 0.3) is 0 Å². The summed E-state index contributed by atoms with van der Waals surface area (Å²) < 4.78 is 0. The second-order valence-corrected chi connectivity index (χ2v) is 6.18. The van der Waals surface area contributed by atoms with E-state index in [0.29, 0.717) is 12.0 Å². The summed E-state index contributed by atoms with van der Waals surface area (Å²) in [6.07, 6.45) is 1.13. The normalized spacial score (nSPS) is 20.8. The van der Waals surface area contributed by atoms with Crippen LogP contribution in [0.2, 0.25) is 0 Å². The van der Waals surface area contributed by atoms with E-state index in [0.717, 1.165) is 13.0 Å². The van der Waals surface area contributed by atoms with E-state index in [1.807, 2.05) is 0 Å². The zero-order valence-electron chi connectivity index (χ0n) is 12.7. The molecule has 1 saturated heterocycles. The van der Waals surface area contributed by atoms with Crippen LogP contribution in [-0.2, 0) is 0 Å². The first-order valence-electron chi connectivity index (χ1n) is 7.34. The van der Waals surface area contributed by atoms with Crippen molar-refractivity contribution < 1.29 is 0 Å². The summed E-state index contributed by atoms with van der Waals surface area (Å²) >= 11 is 0. The molecular weight excluding hydrogens is 224 g/mol. The first kappa shape index (κ1) is 15.9. The molecule has 108 valence electrons. The van der Waals surface area contributed by atoms with Gasteiger partial charge < -0.3 is 15.5 Å². The summed E-state index contributed by atoms with van der Waals surface area (Å²) in [4.78, 5) is 7.39. The molecular formula is C14H32N4. The fraction of sp³-hybridized carbons (Fsp3) is 1.00. The van der Waals surface area contributed by atoms with Crippen molar-refractivity contribution in [3.8, 4) is 0 Å². The van der Waals surface area contributed by atoms with Crippen molar-refractivity contribution in [3.05, 3.63) is 0 Å². The maximum absolute atomic E-state index is 6.10. The topological polar surface area (TPSA) is 35.7 Å². The van der Waals surface area contributed by atoms with E-state index in [2.05, 4.69) is 42.6 Å². The lowest BCUT2D eigenvalue weighted by atomic mass is 10.0. The molecule has 1 heterocycles. The average Bonchev–Trinajstić information content (AvgIpc) is 2.34. The largest absolute Gasteiger partial charge is 0.327 e. The molecule has 0 spiro atoms. The van der Waals surface area contributed by atoms with Crippen molar-refractivity contribution in [2.75, 3.05) is 59.9 Å². The minimum absolute atomic E-state index is 0.358. The van der Waals surface area contributed by atoms with Crippen LogP contribution in [0, 0.1) is 5.92 Å². The van der Waals surface area contributed by atoms with Gasteiger partial charge in [0.1, 0.15) is 0 Å². The highest BCUT2D eigenvalue weighted by Gasteiger charge is 2.17. The molecule has 1 unspecified atom stereocenters. The molecule has 18 heavy (non-hydrogen) atoms. The second kappa shape index (κ2) is 8.10. The Bertz CT molecular complexity index is 210. The first-order chi connectivity index (χ1) is 8.49. The van der Waals surface area contributed by atoms with Gasteiger partial charge in [-0.1, -0.05) is 13.8 Å². The van der Waals surface area contributed by atoms with E-state index in [9.17, 15) is 0 Å².